The first-order valence-corrected chi connectivity index (χ1v) is 8.05. The summed E-state index contributed by atoms with van der Waals surface area (Å²) in [5, 5.41) is 6.47. The van der Waals surface area contributed by atoms with Crippen LogP contribution < -0.4 is 0 Å². The number of aromatic amines is 1. The van der Waals surface area contributed by atoms with E-state index in [1.807, 2.05) is 16.7 Å². The van der Waals surface area contributed by atoms with E-state index in [-0.39, 0.29) is 17.9 Å². The van der Waals surface area contributed by atoms with Gasteiger partial charge in [-0.2, -0.15) is 5.10 Å². The molecule has 0 aromatic carbocycles. The first-order chi connectivity index (χ1) is 11.2. The highest BCUT2D eigenvalue weighted by molar-refractivity contribution is 5.93. The number of hydrogen-bond donors (Lipinski definition) is 1. The molecule has 0 saturated carbocycles. The number of amides is 2. The fraction of sp³-hybridized carbons (Fsp3) is 0.667. The number of carbonyl (C=O) groups excluding carboxylic acids is 2. The fourth-order valence-corrected chi connectivity index (χ4v) is 3.07. The summed E-state index contributed by atoms with van der Waals surface area (Å²) < 4.78 is 5.29. The van der Waals surface area contributed by atoms with E-state index < -0.39 is 0 Å². The molecule has 1 N–H and O–H groups in total. The number of hydrogen-bond acceptors (Lipinski definition) is 5. The van der Waals surface area contributed by atoms with E-state index in [2.05, 4.69) is 15.1 Å². The molecular formula is C15H23N5O3. The fourth-order valence-electron chi connectivity index (χ4n) is 3.07. The summed E-state index contributed by atoms with van der Waals surface area (Å²) in [5.74, 6) is 0.147. The Kier molecular flexibility index (Phi) is 4.92. The van der Waals surface area contributed by atoms with Crippen molar-refractivity contribution in [1.29, 1.82) is 0 Å². The van der Waals surface area contributed by atoms with Gasteiger partial charge in [0.15, 0.2) is 0 Å². The average Bonchev–Trinajstić information content (AvgIpc) is 3.15. The minimum absolute atomic E-state index is 0.00874. The van der Waals surface area contributed by atoms with E-state index in [9.17, 15) is 9.59 Å². The molecule has 0 radical (unpaired) electrons. The Morgan fingerprint density at radius 3 is 2.43 bits per heavy atom. The molecule has 3 heterocycles. The van der Waals surface area contributed by atoms with Gasteiger partial charge in [-0.05, 0) is 6.92 Å². The van der Waals surface area contributed by atoms with Crippen LogP contribution in [0.1, 0.15) is 17.3 Å². The van der Waals surface area contributed by atoms with E-state index in [1.165, 1.54) is 0 Å². The van der Waals surface area contributed by atoms with Crippen LogP contribution in [-0.2, 0) is 9.53 Å². The molecule has 0 bridgehead atoms. The molecule has 1 unspecified atom stereocenters. The molecule has 0 spiro atoms. The van der Waals surface area contributed by atoms with E-state index in [0.717, 1.165) is 0 Å². The van der Waals surface area contributed by atoms with E-state index in [0.29, 0.717) is 58.0 Å². The second kappa shape index (κ2) is 7.10. The van der Waals surface area contributed by atoms with Gasteiger partial charge < -0.3 is 14.5 Å². The summed E-state index contributed by atoms with van der Waals surface area (Å²) in [5.41, 5.74) is 0.580. The van der Waals surface area contributed by atoms with E-state index >= 15 is 0 Å². The van der Waals surface area contributed by atoms with Crippen molar-refractivity contribution in [1.82, 2.24) is 24.9 Å². The zero-order chi connectivity index (χ0) is 16.2. The number of nitrogens with one attached hydrogen (secondary N) is 1. The maximum atomic E-state index is 12.5. The van der Waals surface area contributed by atoms with Gasteiger partial charge >= 0.3 is 0 Å². The van der Waals surface area contributed by atoms with Crippen molar-refractivity contribution in [3.05, 3.63) is 18.0 Å². The lowest BCUT2D eigenvalue weighted by atomic mass is 10.2. The standard InChI is InChI=1S/C15H23N5O3/c1-12(14(21)20-6-8-23-9-7-20)18-2-4-19(5-3-18)15(22)13-10-16-17-11-13/h10-12H,2-9H2,1H3,(H,16,17). The molecule has 1 aromatic heterocycles. The number of H-pyrrole nitrogens is 1. The highest BCUT2D eigenvalue weighted by Gasteiger charge is 2.30. The van der Waals surface area contributed by atoms with Gasteiger partial charge in [-0.15, -0.1) is 0 Å². The van der Waals surface area contributed by atoms with Crippen LogP contribution in [0, 0.1) is 0 Å². The molecule has 0 aliphatic carbocycles. The van der Waals surface area contributed by atoms with Gasteiger partial charge in [-0.3, -0.25) is 19.6 Å². The minimum atomic E-state index is -0.153. The van der Waals surface area contributed by atoms with Gasteiger partial charge in [-0.1, -0.05) is 0 Å². The molecule has 2 amide bonds. The largest absolute Gasteiger partial charge is 0.378 e. The average molecular weight is 321 g/mol. The predicted octanol–water partition coefficient (Wildman–Crippen LogP) is -0.585. The van der Waals surface area contributed by atoms with Crippen molar-refractivity contribution in [2.45, 2.75) is 13.0 Å². The van der Waals surface area contributed by atoms with Crippen molar-refractivity contribution < 1.29 is 14.3 Å². The summed E-state index contributed by atoms with van der Waals surface area (Å²) in [4.78, 5) is 30.6. The highest BCUT2D eigenvalue weighted by Crippen LogP contribution is 2.12. The van der Waals surface area contributed by atoms with Crippen LogP contribution in [0.25, 0.3) is 0 Å². The van der Waals surface area contributed by atoms with Gasteiger partial charge in [0.1, 0.15) is 0 Å². The second-order valence-corrected chi connectivity index (χ2v) is 5.93. The van der Waals surface area contributed by atoms with Crippen molar-refractivity contribution in [2.24, 2.45) is 0 Å². The second-order valence-electron chi connectivity index (χ2n) is 5.93. The smallest absolute Gasteiger partial charge is 0.257 e. The normalized spacial score (nSPS) is 21.3. The minimum Gasteiger partial charge on any atom is -0.378 e. The van der Waals surface area contributed by atoms with Crippen LogP contribution in [-0.4, -0.2) is 95.2 Å². The Balaban J connectivity index is 1.51. The first-order valence-electron chi connectivity index (χ1n) is 8.05. The van der Waals surface area contributed by atoms with Crippen molar-refractivity contribution >= 4 is 11.8 Å². The molecular weight excluding hydrogens is 298 g/mol. The zero-order valence-corrected chi connectivity index (χ0v) is 13.4. The summed E-state index contributed by atoms with van der Waals surface area (Å²) in [6.07, 6.45) is 3.15. The topological polar surface area (TPSA) is 81.8 Å². The maximum Gasteiger partial charge on any atom is 0.257 e. The summed E-state index contributed by atoms with van der Waals surface area (Å²) in [6.45, 7) is 7.20. The Hall–Kier alpha value is -1.93. The summed E-state index contributed by atoms with van der Waals surface area (Å²) >= 11 is 0. The molecule has 23 heavy (non-hydrogen) atoms. The Morgan fingerprint density at radius 1 is 1.13 bits per heavy atom. The SMILES string of the molecule is CC(C(=O)N1CCOCC1)N1CCN(C(=O)c2cn[nH]c2)CC1. The third kappa shape index (κ3) is 3.53. The van der Waals surface area contributed by atoms with Crippen molar-refractivity contribution in [3.63, 3.8) is 0 Å². The lowest BCUT2D eigenvalue weighted by Gasteiger charge is -2.39. The van der Waals surface area contributed by atoms with E-state index in [4.69, 9.17) is 4.74 Å². The van der Waals surface area contributed by atoms with Crippen LogP contribution in [0.5, 0.6) is 0 Å². The molecule has 8 heteroatoms. The zero-order valence-electron chi connectivity index (χ0n) is 13.4. The van der Waals surface area contributed by atoms with Crippen LogP contribution in [0.2, 0.25) is 0 Å². The molecule has 8 nitrogen and oxygen atoms in total. The number of aromatic nitrogens is 2. The number of rotatable bonds is 3. The summed E-state index contributed by atoms with van der Waals surface area (Å²) in [6, 6.07) is -0.153. The van der Waals surface area contributed by atoms with Gasteiger partial charge in [0.2, 0.25) is 5.91 Å². The third-order valence-electron chi connectivity index (χ3n) is 4.57. The molecule has 3 rings (SSSR count). The molecule has 1 atom stereocenters. The van der Waals surface area contributed by atoms with Crippen LogP contribution >= 0.6 is 0 Å². The van der Waals surface area contributed by atoms with Gasteiger partial charge in [-0.25, -0.2) is 0 Å². The van der Waals surface area contributed by atoms with Gasteiger partial charge in [0.05, 0.1) is 31.0 Å². The maximum absolute atomic E-state index is 12.5. The van der Waals surface area contributed by atoms with Crippen molar-refractivity contribution in [2.75, 3.05) is 52.5 Å². The van der Waals surface area contributed by atoms with Gasteiger partial charge in [0, 0.05) is 45.5 Å². The van der Waals surface area contributed by atoms with Crippen LogP contribution in [0.15, 0.2) is 12.4 Å². The monoisotopic (exact) mass is 321 g/mol. The predicted molar refractivity (Wildman–Crippen MR) is 82.9 cm³/mol. The van der Waals surface area contributed by atoms with Gasteiger partial charge in [0.25, 0.3) is 5.91 Å². The lowest BCUT2D eigenvalue weighted by molar-refractivity contribution is -0.141. The molecule has 126 valence electrons. The number of carbonyl (C=O) groups is 2. The number of piperazine rings is 1. The number of morpholine rings is 1. The Morgan fingerprint density at radius 2 is 1.83 bits per heavy atom. The molecule has 2 fully saturated rings. The molecule has 2 aliphatic rings. The molecule has 2 aliphatic heterocycles. The van der Waals surface area contributed by atoms with E-state index in [1.54, 1.807) is 12.4 Å². The quantitative estimate of drug-likeness (QED) is 0.805. The molecule has 1 aromatic rings. The highest BCUT2D eigenvalue weighted by atomic mass is 16.5. The first kappa shape index (κ1) is 15.9. The number of nitrogens with zero attached hydrogens (tertiary/aromatic N) is 4. The molecule has 2 saturated heterocycles. The third-order valence-corrected chi connectivity index (χ3v) is 4.57. The van der Waals surface area contributed by atoms with Crippen LogP contribution in [0.4, 0.5) is 0 Å². The Bertz CT molecular complexity index is 533. The lowest BCUT2D eigenvalue weighted by Crippen LogP contribution is -2.56. The van der Waals surface area contributed by atoms with Crippen LogP contribution in [0.3, 0.4) is 0 Å². The number of ether oxygens (including phenoxy) is 1. The van der Waals surface area contributed by atoms with Crippen molar-refractivity contribution in [3.8, 4) is 0 Å². The summed E-state index contributed by atoms with van der Waals surface area (Å²) in [7, 11) is 0. The Labute approximate surface area is 135 Å².